The largest absolute Gasteiger partial charge is 0.480 e. The lowest BCUT2D eigenvalue weighted by molar-refractivity contribution is -0.144. The highest BCUT2D eigenvalue weighted by atomic mass is 16.5. The number of alkyl carbamates (subject to hydrolysis) is 1. The molecule has 2 aromatic carbocycles. The molecule has 3 rings (SSSR count). The summed E-state index contributed by atoms with van der Waals surface area (Å²) < 4.78 is 5.57. The van der Waals surface area contributed by atoms with Gasteiger partial charge in [-0.05, 0) is 41.0 Å². The minimum absolute atomic E-state index is 0.104. The number of rotatable bonds is 10. The molecule has 0 bridgehead atoms. The zero-order valence-electron chi connectivity index (χ0n) is 19.5. The fourth-order valence-electron chi connectivity index (χ4n) is 4.25. The average Bonchev–Trinajstić information content (AvgIpc) is 3.13. The number of hydrogen-bond acceptors (Lipinski definition) is 4. The molecule has 1 atom stereocenters. The molecular weight excluding hydrogens is 432 g/mol. The maximum Gasteiger partial charge on any atom is 0.407 e. The van der Waals surface area contributed by atoms with E-state index < -0.39 is 30.6 Å². The zero-order valence-corrected chi connectivity index (χ0v) is 19.5. The number of ether oxygens (including phenoxy) is 1. The highest BCUT2D eigenvalue weighted by Crippen LogP contribution is 2.44. The molecule has 0 heterocycles. The van der Waals surface area contributed by atoms with E-state index in [1.165, 1.54) is 0 Å². The highest BCUT2D eigenvalue weighted by Gasteiger charge is 2.31. The third kappa shape index (κ3) is 5.96. The Hall–Kier alpha value is -3.79. The van der Waals surface area contributed by atoms with E-state index in [1.54, 1.807) is 0 Å². The molecule has 1 aliphatic rings. The van der Waals surface area contributed by atoms with Crippen LogP contribution < -0.4 is 5.32 Å². The summed E-state index contributed by atoms with van der Waals surface area (Å²) in [4.78, 5) is 38.0. The minimum Gasteiger partial charge on any atom is -0.480 e. The van der Waals surface area contributed by atoms with Crippen LogP contribution in [0.1, 0.15) is 43.7 Å². The molecule has 7 nitrogen and oxygen atoms in total. The molecule has 7 heteroatoms. The lowest BCUT2D eigenvalue weighted by atomic mass is 9.98. The summed E-state index contributed by atoms with van der Waals surface area (Å²) in [7, 11) is 0. The Morgan fingerprint density at radius 2 is 1.65 bits per heavy atom. The maximum absolute atomic E-state index is 13.0. The zero-order chi connectivity index (χ0) is 24.7. The van der Waals surface area contributed by atoms with Gasteiger partial charge >= 0.3 is 12.1 Å². The van der Waals surface area contributed by atoms with Crippen molar-refractivity contribution in [1.82, 2.24) is 10.2 Å². The molecule has 2 aromatic rings. The van der Waals surface area contributed by atoms with Gasteiger partial charge in [0.15, 0.2) is 0 Å². The molecule has 0 radical (unpaired) electrons. The number of amides is 2. The van der Waals surface area contributed by atoms with E-state index in [0.29, 0.717) is 18.8 Å². The van der Waals surface area contributed by atoms with Gasteiger partial charge in [0.2, 0.25) is 5.91 Å². The number of terminal acetylenes is 1. The van der Waals surface area contributed by atoms with E-state index in [9.17, 15) is 14.4 Å². The minimum atomic E-state index is -1.17. The van der Waals surface area contributed by atoms with Crippen LogP contribution in [-0.2, 0) is 14.3 Å². The van der Waals surface area contributed by atoms with Crippen molar-refractivity contribution in [2.45, 2.75) is 38.6 Å². The van der Waals surface area contributed by atoms with E-state index in [2.05, 4.69) is 23.4 Å². The first-order chi connectivity index (χ1) is 16.3. The lowest BCUT2D eigenvalue weighted by Gasteiger charge is -2.26. The van der Waals surface area contributed by atoms with Crippen molar-refractivity contribution in [3.05, 3.63) is 59.7 Å². The summed E-state index contributed by atoms with van der Waals surface area (Å²) in [5.41, 5.74) is 4.42. The molecule has 0 aromatic heterocycles. The third-order valence-corrected chi connectivity index (χ3v) is 5.89. The smallest absolute Gasteiger partial charge is 0.407 e. The quantitative estimate of drug-likeness (QED) is 0.523. The molecule has 1 unspecified atom stereocenters. The van der Waals surface area contributed by atoms with Crippen LogP contribution in [0.2, 0.25) is 0 Å². The molecule has 34 heavy (non-hydrogen) atoms. The molecule has 0 saturated heterocycles. The predicted molar refractivity (Wildman–Crippen MR) is 129 cm³/mol. The first-order valence-electron chi connectivity index (χ1n) is 11.4. The molecule has 2 amide bonds. The Morgan fingerprint density at radius 1 is 1.06 bits per heavy atom. The van der Waals surface area contributed by atoms with Gasteiger partial charge in [0, 0.05) is 5.92 Å². The first kappa shape index (κ1) is 24.8. The average molecular weight is 463 g/mol. The maximum atomic E-state index is 13.0. The summed E-state index contributed by atoms with van der Waals surface area (Å²) in [6.45, 7) is 3.44. The second kappa shape index (κ2) is 11.4. The monoisotopic (exact) mass is 462 g/mol. The van der Waals surface area contributed by atoms with Crippen LogP contribution in [0.5, 0.6) is 0 Å². The summed E-state index contributed by atoms with van der Waals surface area (Å²) in [5.74, 6) is 0.787. The Bertz CT molecular complexity index is 1040. The van der Waals surface area contributed by atoms with Crippen molar-refractivity contribution >= 4 is 18.0 Å². The van der Waals surface area contributed by atoms with Crippen molar-refractivity contribution in [2.75, 3.05) is 19.7 Å². The first-order valence-corrected chi connectivity index (χ1v) is 11.4. The van der Waals surface area contributed by atoms with Gasteiger partial charge in [-0.1, -0.05) is 68.3 Å². The Balaban J connectivity index is 1.70. The fraction of sp³-hybridized carbons (Fsp3) is 0.370. The molecule has 2 N–H and O–H groups in total. The SMILES string of the molecule is C#CCN(CC(=O)O)C(=O)C(CCC(C)C)NC(=O)OCC1c2ccccc2-c2ccccc21. The van der Waals surface area contributed by atoms with Gasteiger partial charge in [-0.3, -0.25) is 9.59 Å². The number of fused-ring (bicyclic) bond motifs is 3. The standard InChI is InChI=1S/C27H30N2O5/c1-4-15-29(16-25(30)31)26(32)24(14-13-18(2)3)28-27(33)34-17-23-21-11-7-5-9-19(21)20-10-6-8-12-22(20)23/h1,5-12,18,23-24H,13-17H2,2-3H3,(H,28,33)(H,30,31). The summed E-state index contributed by atoms with van der Waals surface area (Å²) >= 11 is 0. The van der Waals surface area contributed by atoms with Gasteiger partial charge in [0.25, 0.3) is 0 Å². The Kier molecular flexibility index (Phi) is 8.31. The number of aliphatic carboxylic acids is 1. The van der Waals surface area contributed by atoms with Crippen LogP contribution >= 0.6 is 0 Å². The number of benzene rings is 2. The van der Waals surface area contributed by atoms with Crippen LogP contribution in [0, 0.1) is 18.3 Å². The third-order valence-electron chi connectivity index (χ3n) is 5.89. The normalized spacial score (nSPS) is 12.9. The van der Waals surface area contributed by atoms with Gasteiger partial charge in [-0.2, -0.15) is 0 Å². The lowest BCUT2D eigenvalue weighted by Crippen LogP contribution is -2.50. The number of nitrogens with zero attached hydrogens (tertiary/aromatic N) is 1. The summed E-state index contributed by atoms with van der Waals surface area (Å²) in [6, 6.07) is 15.1. The fourth-order valence-corrected chi connectivity index (χ4v) is 4.25. The van der Waals surface area contributed by atoms with Crippen LogP contribution in [0.25, 0.3) is 11.1 Å². The van der Waals surface area contributed by atoms with E-state index in [1.807, 2.05) is 50.2 Å². The molecule has 178 valence electrons. The summed E-state index contributed by atoms with van der Waals surface area (Å²) in [5, 5.41) is 11.8. The van der Waals surface area contributed by atoms with Gasteiger partial charge in [-0.15, -0.1) is 6.42 Å². The number of carboxylic acids is 1. The molecule has 0 saturated carbocycles. The second-order valence-electron chi connectivity index (χ2n) is 8.79. The van der Waals surface area contributed by atoms with Crippen LogP contribution in [0.3, 0.4) is 0 Å². The van der Waals surface area contributed by atoms with Gasteiger partial charge in [-0.25, -0.2) is 4.79 Å². The number of carbonyl (C=O) groups excluding carboxylic acids is 2. The van der Waals surface area contributed by atoms with Gasteiger partial charge in [0.1, 0.15) is 19.2 Å². The van der Waals surface area contributed by atoms with Gasteiger partial charge in [0.05, 0.1) is 6.54 Å². The molecule has 1 aliphatic carbocycles. The predicted octanol–water partition coefficient (Wildman–Crippen LogP) is 3.88. The topological polar surface area (TPSA) is 95.9 Å². The second-order valence-corrected chi connectivity index (χ2v) is 8.79. The van der Waals surface area contributed by atoms with E-state index in [4.69, 9.17) is 16.3 Å². The van der Waals surface area contributed by atoms with E-state index >= 15 is 0 Å². The number of hydrogen-bond donors (Lipinski definition) is 2. The molecule has 0 spiro atoms. The molecule has 0 aliphatic heterocycles. The molecular formula is C27H30N2O5. The number of nitrogens with one attached hydrogen (secondary N) is 1. The Labute approximate surface area is 200 Å². The van der Waals surface area contributed by atoms with Crippen molar-refractivity contribution in [2.24, 2.45) is 5.92 Å². The number of carboxylic acid groups (broad SMARTS) is 1. The van der Waals surface area contributed by atoms with Crippen molar-refractivity contribution in [3.63, 3.8) is 0 Å². The van der Waals surface area contributed by atoms with Crippen molar-refractivity contribution in [3.8, 4) is 23.5 Å². The van der Waals surface area contributed by atoms with Gasteiger partial charge < -0.3 is 20.1 Å². The van der Waals surface area contributed by atoms with E-state index in [-0.39, 0.29) is 19.1 Å². The van der Waals surface area contributed by atoms with E-state index in [0.717, 1.165) is 27.2 Å². The van der Waals surface area contributed by atoms with Crippen LogP contribution in [0.15, 0.2) is 48.5 Å². The number of carbonyl (C=O) groups is 3. The summed E-state index contributed by atoms with van der Waals surface area (Å²) in [6.07, 6.45) is 5.60. The Morgan fingerprint density at radius 3 is 2.18 bits per heavy atom. The van der Waals surface area contributed by atoms with Crippen molar-refractivity contribution < 1.29 is 24.2 Å². The van der Waals surface area contributed by atoms with Crippen LogP contribution in [-0.4, -0.2) is 53.7 Å². The molecule has 0 fully saturated rings. The highest BCUT2D eigenvalue weighted by molar-refractivity contribution is 5.88. The van der Waals surface area contributed by atoms with Crippen LogP contribution in [0.4, 0.5) is 4.79 Å². The van der Waals surface area contributed by atoms with Crippen molar-refractivity contribution in [1.29, 1.82) is 0 Å².